The summed E-state index contributed by atoms with van der Waals surface area (Å²) in [5.74, 6) is 1.75. The molecular weight excluding hydrogens is 368 g/mol. The number of para-hydroxylation sites is 2. The van der Waals surface area contributed by atoms with Crippen molar-refractivity contribution in [2.24, 2.45) is 0 Å². The van der Waals surface area contributed by atoms with Crippen LogP contribution < -0.4 is 20.1 Å². The van der Waals surface area contributed by atoms with E-state index in [1.807, 2.05) is 36.4 Å². The third-order valence-electron chi connectivity index (χ3n) is 5.32. The zero-order chi connectivity index (χ0) is 19.5. The quantitative estimate of drug-likeness (QED) is 0.736. The lowest BCUT2D eigenvalue weighted by molar-refractivity contribution is 0.404. The topological polar surface area (TPSA) is 42.5 Å². The van der Waals surface area contributed by atoms with Gasteiger partial charge in [-0.25, -0.2) is 0 Å². The van der Waals surface area contributed by atoms with E-state index < -0.39 is 0 Å². The summed E-state index contributed by atoms with van der Waals surface area (Å²) < 4.78 is 11.1. The van der Waals surface area contributed by atoms with Crippen LogP contribution in [0, 0.1) is 0 Å². The van der Waals surface area contributed by atoms with Gasteiger partial charge in [-0.1, -0.05) is 36.4 Å². The monoisotopic (exact) mass is 392 g/mol. The lowest BCUT2D eigenvalue weighted by atomic mass is 9.83. The maximum atomic E-state index is 5.61. The van der Waals surface area contributed by atoms with Crippen molar-refractivity contribution in [2.45, 2.75) is 25.3 Å². The van der Waals surface area contributed by atoms with Gasteiger partial charge in [0, 0.05) is 16.8 Å². The summed E-state index contributed by atoms with van der Waals surface area (Å²) in [6.07, 6.45) is 5.34. The standard InChI is InChI=1S/C23H24N2O2S/c1-26-19-12-5-3-8-15(19)14-16-9-7-11-18-21(16)24-23(28)25-22(18)17-10-4-6-13-20(17)27-2/h3-6,8,10,12-14,22H,7,9,11H2,1-2H3,(H2,24,25,28)/b16-14+/t22-/m0/s1. The van der Waals surface area contributed by atoms with Crippen LogP contribution in [0.1, 0.15) is 36.4 Å². The van der Waals surface area contributed by atoms with Crippen LogP contribution in [0.2, 0.25) is 0 Å². The van der Waals surface area contributed by atoms with Crippen LogP contribution in [0.4, 0.5) is 0 Å². The second-order valence-corrected chi connectivity index (χ2v) is 7.35. The molecule has 0 bridgehead atoms. The number of allylic oxidation sites excluding steroid dienone is 1. The largest absolute Gasteiger partial charge is 0.496 e. The molecule has 0 amide bonds. The molecule has 28 heavy (non-hydrogen) atoms. The molecule has 0 aromatic heterocycles. The van der Waals surface area contributed by atoms with E-state index >= 15 is 0 Å². The molecule has 1 heterocycles. The maximum Gasteiger partial charge on any atom is 0.171 e. The highest BCUT2D eigenvalue weighted by Gasteiger charge is 2.31. The molecule has 0 saturated heterocycles. The first-order chi connectivity index (χ1) is 13.7. The number of methoxy groups -OCH3 is 2. The van der Waals surface area contributed by atoms with E-state index in [0.717, 1.165) is 47.6 Å². The predicted octanol–water partition coefficient (Wildman–Crippen LogP) is 4.74. The zero-order valence-corrected chi connectivity index (χ0v) is 16.9. The molecule has 2 aromatic carbocycles. The van der Waals surface area contributed by atoms with Crippen molar-refractivity contribution in [3.8, 4) is 11.5 Å². The number of benzene rings is 2. The van der Waals surface area contributed by atoms with E-state index in [1.54, 1.807) is 14.2 Å². The van der Waals surface area contributed by atoms with Crippen molar-refractivity contribution in [3.63, 3.8) is 0 Å². The molecular formula is C23H24N2O2S. The average molecular weight is 393 g/mol. The fraction of sp³-hybridized carbons (Fsp3) is 0.261. The number of thiocarbonyl (C=S) groups is 1. The second kappa shape index (κ2) is 8.07. The van der Waals surface area contributed by atoms with Crippen LogP contribution in [0.25, 0.3) is 6.08 Å². The predicted molar refractivity (Wildman–Crippen MR) is 116 cm³/mol. The lowest BCUT2D eigenvalue weighted by Crippen LogP contribution is -2.45. The molecule has 144 valence electrons. The summed E-state index contributed by atoms with van der Waals surface area (Å²) in [5, 5.41) is 7.50. The summed E-state index contributed by atoms with van der Waals surface area (Å²) >= 11 is 5.55. The summed E-state index contributed by atoms with van der Waals surface area (Å²) in [5.41, 5.74) is 5.91. The normalized spacial score (nSPS) is 20.3. The number of ether oxygens (including phenoxy) is 2. The Kier molecular flexibility index (Phi) is 5.35. The zero-order valence-electron chi connectivity index (χ0n) is 16.1. The highest BCUT2D eigenvalue weighted by molar-refractivity contribution is 7.80. The Morgan fingerprint density at radius 1 is 0.964 bits per heavy atom. The van der Waals surface area contributed by atoms with Gasteiger partial charge in [-0.2, -0.15) is 0 Å². The molecule has 5 heteroatoms. The van der Waals surface area contributed by atoms with Crippen LogP contribution in [0.15, 0.2) is 65.4 Å². The third-order valence-corrected chi connectivity index (χ3v) is 5.54. The SMILES string of the molecule is COc1ccccc1/C=C1\CCCC2=C1NC(=S)N[C@H]2c1ccccc1OC. The van der Waals surface area contributed by atoms with Crippen LogP contribution >= 0.6 is 12.2 Å². The first kappa shape index (κ1) is 18.6. The Hall–Kier alpha value is -2.79. The van der Waals surface area contributed by atoms with Gasteiger partial charge in [0.15, 0.2) is 5.11 Å². The summed E-state index contributed by atoms with van der Waals surface area (Å²) in [4.78, 5) is 0. The minimum atomic E-state index is 0.0151. The van der Waals surface area contributed by atoms with Crippen LogP contribution in [0.3, 0.4) is 0 Å². The van der Waals surface area contributed by atoms with Crippen molar-refractivity contribution < 1.29 is 9.47 Å². The first-order valence-electron chi connectivity index (χ1n) is 9.48. The number of hydrogen-bond acceptors (Lipinski definition) is 3. The molecule has 0 spiro atoms. The molecule has 4 nitrogen and oxygen atoms in total. The molecule has 4 rings (SSSR count). The smallest absolute Gasteiger partial charge is 0.171 e. The lowest BCUT2D eigenvalue weighted by Gasteiger charge is -2.36. The molecule has 0 radical (unpaired) electrons. The van der Waals surface area contributed by atoms with Gasteiger partial charge < -0.3 is 20.1 Å². The van der Waals surface area contributed by atoms with Gasteiger partial charge >= 0.3 is 0 Å². The Balaban J connectivity index is 1.81. The average Bonchev–Trinajstić information content (AvgIpc) is 2.74. The van der Waals surface area contributed by atoms with Crippen LogP contribution in [-0.4, -0.2) is 19.3 Å². The minimum absolute atomic E-state index is 0.0151. The number of rotatable bonds is 4. The van der Waals surface area contributed by atoms with E-state index in [4.69, 9.17) is 21.7 Å². The van der Waals surface area contributed by atoms with Crippen LogP contribution in [-0.2, 0) is 0 Å². The van der Waals surface area contributed by atoms with Crippen LogP contribution in [0.5, 0.6) is 11.5 Å². The molecule has 0 unspecified atom stereocenters. The molecule has 1 aliphatic heterocycles. The van der Waals surface area contributed by atoms with Gasteiger partial charge in [-0.05, 0) is 60.8 Å². The van der Waals surface area contributed by atoms with Crippen molar-refractivity contribution in [3.05, 3.63) is 76.5 Å². The van der Waals surface area contributed by atoms with Gasteiger partial charge in [0.25, 0.3) is 0 Å². The van der Waals surface area contributed by atoms with E-state index in [2.05, 4.69) is 28.8 Å². The fourth-order valence-electron chi connectivity index (χ4n) is 4.03. The number of nitrogens with one attached hydrogen (secondary N) is 2. The number of hydrogen-bond donors (Lipinski definition) is 2. The van der Waals surface area contributed by atoms with Gasteiger partial charge in [-0.3, -0.25) is 0 Å². The molecule has 2 aliphatic rings. The minimum Gasteiger partial charge on any atom is -0.496 e. The first-order valence-corrected chi connectivity index (χ1v) is 9.89. The Morgan fingerprint density at radius 2 is 1.68 bits per heavy atom. The Labute approximate surface area is 171 Å². The van der Waals surface area contributed by atoms with Gasteiger partial charge in [0.05, 0.1) is 20.3 Å². The molecule has 1 aliphatic carbocycles. The van der Waals surface area contributed by atoms with Crippen molar-refractivity contribution in [2.75, 3.05) is 14.2 Å². The molecule has 2 N–H and O–H groups in total. The molecule has 0 saturated carbocycles. The van der Waals surface area contributed by atoms with Crippen molar-refractivity contribution in [1.29, 1.82) is 0 Å². The van der Waals surface area contributed by atoms with Crippen molar-refractivity contribution in [1.82, 2.24) is 10.6 Å². The van der Waals surface area contributed by atoms with E-state index in [-0.39, 0.29) is 6.04 Å². The Morgan fingerprint density at radius 3 is 2.46 bits per heavy atom. The van der Waals surface area contributed by atoms with E-state index in [1.165, 1.54) is 11.1 Å². The van der Waals surface area contributed by atoms with Gasteiger partial charge in [0.1, 0.15) is 11.5 Å². The second-order valence-electron chi connectivity index (χ2n) is 6.94. The molecule has 1 atom stereocenters. The fourth-order valence-corrected chi connectivity index (χ4v) is 4.25. The van der Waals surface area contributed by atoms with Gasteiger partial charge in [-0.15, -0.1) is 0 Å². The third kappa shape index (κ3) is 3.50. The summed E-state index contributed by atoms with van der Waals surface area (Å²) in [7, 11) is 3.42. The van der Waals surface area contributed by atoms with E-state index in [9.17, 15) is 0 Å². The molecule has 0 fully saturated rings. The summed E-state index contributed by atoms with van der Waals surface area (Å²) in [6, 6.07) is 16.2. The highest BCUT2D eigenvalue weighted by atomic mass is 32.1. The maximum absolute atomic E-state index is 5.61. The van der Waals surface area contributed by atoms with Gasteiger partial charge in [0.2, 0.25) is 0 Å². The van der Waals surface area contributed by atoms with Crippen molar-refractivity contribution >= 4 is 23.4 Å². The van der Waals surface area contributed by atoms with E-state index in [0.29, 0.717) is 5.11 Å². The molecule has 2 aromatic rings. The Bertz CT molecular complexity index is 965. The highest BCUT2D eigenvalue weighted by Crippen LogP contribution is 2.41. The summed E-state index contributed by atoms with van der Waals surface area (Å²) in [6.45, 7) is 0.